The first-order valence-electron chi connectivity index (χ1n) is 7.06. The lowest BCUT2D eigenvalue weighted by molar-refractivity contribution is -0.186. The molecule has 4 rings (SSSR count). The van der Waals surface area contributed by atoms with Gasteiger partial charge in [0.15, 0.2) is 0 Å². The van der Waals surface area contributed by atoms with Crippen molar-refractivity contribution in [3.05, 3.63) is 0 Å². The minimum absolute atomic E-state index is 0.00382. The van der Waals surface area contributed by atoms with Gasteiger partial charge in [0.25, 0.3) is 0 Å². The zero-order valence-electron chi connectivity index (χ0n) is 11.3. The predicted octanol–water partition coefficient (Wildman–Crippen LogP) is 2.20. The zero-order valence-corrected chi connectivity index (χ0v) is 11.3. The van der Waals surface area contributed by atoms with Crippen LogP contribution >= 0.6 is 0 Å². The summed E-state index contributed by atoms with van der Waals surface area (Å²) in [7, 11) is 0. The summed E-state index contributed by atoms with van der Waals surface area (Å²) in [5.74, 6) is 0. The molecule has 0 aliphatic carbocycles. The molecule has 0 N–H and O–H groups in total. The van der Waals surface area contributed by atoms with Crippen molar-refractivity contribution in [2.45, 2.75) is 76.3 Å². The van der Waals surface area contributed by atoms with E-state index in [9.17, 15) is 0 Å². The van der Waals surface area contributed by atoms with Crippen molar-refractivity contribution in [3.63, 3.8) is 0 Å². The van der Waals surface area contributed by atoms with Crippen molar-refractivity contribution in [1.29, 1.82) is 0 Å². The fourth-order valence-corrected chi connectivity index (χ4v) is 3.76. The van der Waals surface area contributed by atoms with Gasteiger partial charge in [0.05, 0.1) is 24.4 Å². The summed E-state index contributed by atoms with van der Waals surface area (Å²) in [6.07, 6.45) is 6.14. The third-order valence-corrected chi connectivity index (χ3v) is 4.35. The average Bonchev–Trinajstić information content (AvgIpc) is 2.19. The molecule has 0 radical (unpaired) electrons. The number of hydrogen-bond acceptors (Lipinski definition) is 3. The van der Waals surface area contributed by atoms with E-state index in [0.29, 0.717) is 12.2 Å². The van der Waals surface area contributed by atoms with E-state index in [1.165, 1.54) is 25.7 Å². The number of piperidine rings is 2. The number of ether oxygens (including phenoxy) is 2. The maximum absolute atomic E-state index is 5.97. The Kier molecular flexibility index (Phi) is 2.96. The van der Waals surface area contributed by atoms with Gasteiger partial charge in [-0.1, -0.05) is 0 Å². The summed E-state index contributed by atoms with van der Waals surface area (Å²) in [4.78, 5) is 2.70. The minimum atomic E-state index is -0.00382. The fraction of sp³-hybridized carbons (Fsp3) is 1.00. The lowest BCUT2D eigenvalue weighted by atomic mass is 9.78. The highest BCUT2D eigenvalue weighted by molar-refractivity contribution is 5.00. The molecule has 4 aliphatic rings. The van der Waals surface area contributed by atoms with E-state index in [1.54, 1.807) is 0 Å². The fourth-order valence-electron chi connectivity index (χ4n) is 3.76. The molecular formula is C14H25NO2. The second kappa shape index (κ2) is 4.22. The van der Waals surface area contributed by atoms with E-state index in [1.807, 2.05) is 0 Å². The lowest BCUT2D eigenvalue weighted by Gasteiger charge is -2.56. The van der Waals surface area contributed by atoms with E-state index in [-0.39, 0.29) is 5.60 Å². The van der Waals surface area contributed by atoms with Gasteiger partial charge >= 0.3 is 0 Å². The molecule has 3 heteroatoms. The molecule has 0 spiro atoms. The molecule has 0 aromatic heterocycles. The molecule has 0 amide bonds. The number of rotatable bonds is 3. The predicted molar refractivity (Wildman–Crippen MR) is 67.1 cm³/mol. The van der Waals surface area contributed by atoms with Crippen LogP contribution < -0.4 is 0 Å². The van der Waals surface area contributed by atoms with Gasteiger partial charge in [0.1, 0.15) is 0 Å². The Bertz CT molecular complexity index is 256. The Morgan fingerprint density at radius 3 is 2.06 bits per heavy atom. The van der Waals surface area contributed by atoms with Crippen LogP contribution in [0.4, 0.5) is 0 Å². The molecule has 3 nitrogen and oxygen atoms in total. The number of nitrogens with zero attached hydrogens (tertiary/aromatic N) is 1. The monoisotopic (exact) mass is 239 g/mol. The quantitative estimate of drug-likeness (QED) is 0.753. The topological polar surface area (TPSA) is 21.7 Å². The van der Waals surface area contributed by atoms with Gasteiger partial charge in [-0.15, -0.1) is 0 Å². The first kappa shape index (κ1) is 11.9. The standard InChI is InChI=1S/C14H25NO2/c1-14(2,3)16-5-4-15-10-6-12-8-11(15)9-13(7-10)17-12/h10-13H,4-9H2,1-3H3. The second-order valence-corrected chi connectivity index (χ2v) is 6.83. The summed E-state index contributed by atoms with van der Waals surface area (Å²) in [6.45, 7) is 8.37. The summed E-state index contributed by atoms with van der Waals surface area (Å²) >= 11 is 0. The minimum Gasteiger partial charge on any atom is -0.375 e. The van der Waals surface area contributed by atoms with E-state index >= 15 is 0 Å². The zero-order chi connectivity index (χ0) is 12.0. The summed E-state index contributed by atoms with van der Waals surface area (Å²) in [5.41, 5.74) is -0.00382. The van der Waals surface area contributed by atoms with Gasteiger partial charge in [-0.2, -0.15) is 0 Å². The Balaban J connectivity index is 1.54. The van der Waals surface area contributed by atoms with Crippen LogP contribution in [0, 0.1) is 0 Å². The molecule has 0 saturated carbocycles. The van der Waals surface area contributed by atoms with Crippen LogP contribution in [0.5, 0.6) is 0 Å². The molecular weight excluding hydrogens is 214 g/mol. The molecule has 4 fully saturated rings. The van der Waals surface area contributed by atoms with E-state index < -0.39 is 0 Å². The van der Waals surface area contributed by atoms with Crippen molar-refractivity contribution in [3.8, 4) is 0 Å². The first-order valence-corrected chi connectivity index (χ1v) is 7.06. The maximum Gasteiger partial charge on any atom is 0.0608 e. The molecule has 4 saturated heterocycles. The molecule has 4 aliphatic heterocycles. The molecule has 4 heterocycles. The highest BCUT2D eigenvalue weighted by Crippen LogP contribution is 2.42. The van der Waals surface area contributed by atoms with Crippen molar-refractivity contribution in [2.24, 2.45) is 0 Å². The summed E-state index contributed by atoms with van der Waals surface area (Å²) in [6, 6.07) is 1.55. The van der Waals surface area contributed by atoms with Crippen molar-refractivity contribution in [2.75, 3.05) is 13.2 Å². The molecule has 0 atom stereocenters. The largest absolute Gasteiger partial charge is 0.375 e. The third kappa shape index (κ3) is 2.51. The third-order valence-electron chi connectivity index (χ3n) is 4.35. The molecule has 0 aromatic carbocycles. The van der Waals surface area contributed by atoms with Crippen LogP contribution in [0.2, 0.25) is 0 Å². The van der Waals surface area contributed by atoms with E-state index in [2.05, 4.69) is 25.7 Å². The molecule has 0 unspecified atom stereocenters. The first-order chi connectivity index (χ1) is 8.01. The smallest absolute Gasteiger partial charge is 0.0608 e. The second-order valence-electron chi connectivity index (χ2n) is 6.83. The SMILES string of the molecule is CC(C)(C)OCCN1C2CC3CC1CC(C2)O3. The van der Waals surface area contributed by atoms with Crippen LogP contribution in [0.15, 0.2) is 0 Å². The Morgan fingerprint density at radius 2 is 1.59 bits per heavy atom. The van der Waals surface area contributed by atoms with Crippen LogP contribution in [0.25, 0.3) is 0 Å². The maximum atomic E-state index is 5.97. The highest BCUT2D eigenvalue weighted by atomic mass is 16.5. The van der Waals surface area contributed by atoms with Gasteiger partial charge in [-0.05, 0) is 46.5 Å². The van der Waals surface area contributed by atoms with E-state index in [0.717, 1.165) is 25.2 Å². The van der Waals surface area contributed by atoms with Crippen molar-refractivity contribution in [1.82, 2.24) is 4.90 Å². The van der Waals surface area contributed by atoms with E-state index in [4.69, 9.17) is 9.47 Å². The molecule has 4 bridgehead atoms. The number of hydrogen-bond donors (Lipinski definition) is 0. The lowest BCUT2D eigenvalue weighted by Crippen LogP contribution is -2.62. The molecule has 17 heavy (non-hydrogen) atoms. The summed E-state index contributed by atoms with van der Waals surface area (Å²) < 4.78 is 11.8. The van der Waals surface area contributed by atoms with Gasteiger partial charge in [-0.25, -0.2) is 0 Å². The van der Waals surface area contributed by atoms with Crippen molar-refractivity contribution >= 4 is 0 Å². The Morgan fingerprint density at radius 1 is 1.06 bits per heavy atom. The van der Waals surface area contributed by atoms with Crippen LogP contribution in [0.1, 0.15) is 46.5 Å². The van der Waals surface area contributed by atoms with Crippen LogP contribution in [-0.2, 0) is 9.47 Å². The van der Waals surface area contributed by atoms with Gasteiger partial charge in [0, 0.05) is 18.6 Å². The molecule has 0 aromatic rings. The Labute approximate surface area is 104 Å². The van der Waals surface area contributed by atoms with Crippen LogP contribution in [-0.4, -0.2) is 47.9 Å². The highest BCUT2D eigenvalue weighted by Gasteiger charge is 2.47. The van der Waals surface area contributed by atoms with Gasteiger partial charge in [-0.3, -0.25) is 4.90 Å². The van der Waals surface area contributed by atoms with Crippen molar-refractivity contribution < 1.29 is 9.47 Å². The normalized spacial score (nSPS) is 41.1. The van der Waals surface area contributed by atoms with Gasteiger partial charge in [0.2, 0.25) is 0 Å². The van der Waals surface area contributed by atoms with Crippen LogP contribution in [0.3, 0.4) is 0 Å². The average molecular weight is 239 g/mol. The van der Waals surface area contributed by atoms with Gasteiger partial charge < -0.3 is 9.47 Å². The summed E-state index contributed by atoms with van der Waals surface area (Å²) in [5, 5.41) is 0. The Hall–Kier alpha value is -0.120. The molecule has 98 valence electrons.